The Morgan fingerprint density at radius 2 is 1.74 bits per heavy atom. The SMILES string of the molecule is CCC1=C(C(=O)OC)[C@H](c2ccccc2)n2c(s/c(=C/c3c(OCc4ccc(Br)cc4)ccc4ccccc34)c2=O)=N1. The Labute approximate surface area is 255 Å². The van der Waals surface area contributed by atoms with Gasteiger partial charge in [-0.1, -0.05) is 107 Å². The Morgan fingerprint density at radius 1 is 1.00 bits per heavy atom. The van der Waals surface area contributed by atoms with Crippen LogP contribution in [0.2, 0.25) is 0 Å². The van der Waals surface area contributed by atoms with Gasteiger partial charge in [-0.05, 0) is 52.6 Å². The molecule has 6 rings (SSSR count). The van der Waals surface area contributed by atoms with Crippen LogP contribution < -0.4 is 19.6 Å². The van der Waals surface area contributed by atoms with Gasteiger partial charge < -0.3 is 9.47 Å². The van der Waals surface area contributed by atoms with Crippen LogP contribution in [0, 0.1) is 0 Å². The number of esters is 1. The molecule has 0 bridgehead atoms. The lowest BCUT2D eigenvalue weighted by atomic mass is 9.95. The minimum Gasteiger partial charge on any atom is -0.488 e. The summed E-state index contributed by atoms with van der Waals surface area (Å²) in [6.45, 7) is 2.33. The molecule has 8 heteroatoms. The normalized spacial score (nSPS) is 14.9. The van der Waals surface area contributed by atoms with Crippen LogP contribution in [-0.4, -0.2) is 17.6 Å². The van der Waals surface area contributed by atoms with E-state index in [9.17, 15) is 9.59 Å². The van der Waals surface area contributed by atoms with Crippen molar-refractivity contribution in [2.75, 3.05) is 7.11 Å². The van der Waals surface area contributed by atoms with E-state index >= 15 is 0 Å². The number of methoxy groups -OCH3 is 1. The van der Waals surface area contributed by atoms with Crippen LogP contribution in [0.5, 0.6) is 5.75 Å². The number of fused-ring (bicyclic) bond motifs is 2. The maximum Gasteiger partial charge on any atom is 0.338 e. The number of hydrogen-bond acceptors (Lipinski definition) is 6. The fraction of sp³-hybridized carbons (Fsp3) is 0.147. The Hall–Kier alpha value is -4.27. The number of ether oxygens (including phenoxy) is 2. The molecule has 0 saturated carbocycles. The topological polar surface area (TPSA) is 69.9 Å². The van der Waals surface area contributed by atoms with Crippen molar-refractivity contribution in [3.8, 4) is 5.75 Å². The van der Waals surface area contributed by atoms with E-state index in [0.29, 0.717) is 39.4 Å². The maximum atomic E-state index is 14.2. The Bertz CT molecular complexity index is 2010. The molecular weight excluding hydrogens is 612 g/mol. The zero-order chi connectivity index (χ0) is 29.2. The molecule has 1 atom stereocenters. The molecule has 0 radical (unpaired) electrons. The third kappa shape index (κ3) is 5.24. The predicted octanol–water partition coefficient (Wildman–Crippen LogP) is 6.29. The molecule has 0 spiro atoms. The summed E-state index contributed by atoms with van der Waals surface area (Å²) in [4.78, 5) is 32.6. The molecule has 6 nitrogen and oxygen atoms in total. The van der Waals surface area contributed by atoms with E-state index < -0.39 is 12.0 Å². The number of allylic oxidation sites excluding steroid dienone is 1. The van der Waals surface area contributed by atoms with Crippen molar-refractivity contribution in [1.29, 1.82) is 0 Å². The lowest BCUT2D eigenvalue weighted by Crippen LogP contribution is -2.40. The van der Waals surface area contributed by atoms with Crippen LogP contribution in [-0.2, 0) is 16.1 Å². The Morgan fingerprint density at radius 3 is 2.48 bits per heavy atom. The minimum absolute atomic E-state index is 0.226. The average Bonchev–Trinajstić information content (AvgIpc) is 3.34. The standard InChI is InChI=1S/C34H27BrN2O4S/c1-3-27-30(33(39)40-2)31(23-10-5-4-6-11-23)37-32(38)29(42-34(37)36-27)19-26-25-12-8-7-9-22(25)15-18-28(26)41-20-21-13-16-24(35)17-14-21/h4-19,31H,3,20H2,1-2H3/b29-19+/t31-/m0/s1. The van der Waals surface area contributed by atoms with Crippen molar-refractivity contribution in [1.82, 2.24) is 4.57 Å². The molecule has 210 valence electrons. The monoisotopic (exact) mass is 638 g/mol. The van der Waals surface area contributed by atoms with Gasteiger partial charge in [-0.2, -0.15) is 0 Å². The smallest absolute Gasteiger partial charge is 0.338 e. The van der Waals surface area contributed by atoms with Crippen LogP contribution in [0.15, 0.2) is 117 Å². The van der Waals surface area contributed by atoms with Crippen LogP contribution in [0.1, 0.15) is 36.1 Å². The number of thiazole rings is 1. The molecule has 1 aromatic heterocycles. The fourth-order valence-corrected chi connectivity index (χ4v) is 6.50. The zero-order valence-corrected chi connectivity index (χ0v) is 25.4. The molecule has 0 amide bonds. The summed E-state index contributed by atoms with van der Waals surface area (Å²) in [6.07, 6.45) is 2.41. The second-order valence-electron chi connectivity index (χ2n) is 9.81. The number of carbonyl (C=O) groups excluding carboxylic acids is 1. The first kappa shape index (κ1) is 27.9. The molecule has 5 aromatic rings. The lowest BCUT2D eigenvalue weighted by molar-refractivity contribution is -0.136. The van der Waals surface area contributed by atoms with Gasteiger partial charge in [0.05, 0.1) is 29.0 Å². The van der Waals surface area contributed by atoms with Crippen molar-refractivity contribution in [2.24, 2.45) is 4.99 Å². The van der Waals surface area contributed by atoms with E-state index in [4.69, 9.17) is 14.5 Å². The molecule has 1 aliphatic heterocycles. The number of halogens is 1. The second-order valence-corrected chi connectivity index (χ2v) is 11.7. The summed E-state index contributed by atoms with van der Waals surface area (Å²) >= 11 is 4.79. The second kappa shape index (κ2) is 11.9. The van der Waals surface area contributed by atoms with E-state index in [1.807, 2.05) is 104 Å². The van der Waals surface area contributed by atoms with Gasteiger partial charge in [0.15, 0.2) is 4.80 Å². The number of carbonyl (C=O) groups is 1. The van der Waals surface area contributed by atoms with E-state index in [1.54, 1.807) is 4.57 Å². The Balaban J connectivity index is 1.54. The molecule has 42 heavy (non-hydrogen) atoms. The van der Waals surface area contributed by atoms with E-state index in [-0.39, 0.29) is 5.56 Å². The summed E-state index contributed by atoms with van der Waals surface area (Å²) < 4.78 is 14.6. The van der Waals surface area contributed by atoms with E-state index in [2.05, 4.69) is 15.9 Å². The van der Waals surface area contributed by atoms with Crippen LogP contribution in [0.4, 0.5) is 0 Å². The molecule has 2 heterocycles. The summed E-state index contributed by atoms with van der Waals surface area (Å²) in [5.41, 5.74) is 3.43. The third-order valence-corrected chi connectivity index (χ3v) is 8.79. The van der Waals surface area contributed by atoms with Crippen molar-refractivity contribution in [3.05, 3.63) is 143 Å². The summed E-state index contributed by atoms with van der Waals surface area (Å²) in [5, 5.41) is 2.01. The molecule has 0 fully saturated rings. The van der Waals surface area contributed by atoms with Crippen molar-refractivity contribution in [2.45, 2.75) is 26.0 Å². The highest BCUT2D eigenvalue weighted by atomic mass is 79.9. The lowest BCUT2D eigenvalue weighted by Gasteiger charge is -2.25. The van der Waals surface area contributed by atoms with Crippen molar-refractivity contribution < 1.29 is 14.3 Å². The quantitative estimate of drug-likeness (QED) is 0.196. The molecule has 4 aromatic carbocycles. The molecule has 0 aliphatic carbocycles. The van der Waals surface area contributed by atoms with Gasteiger partial charge in [-0.25, -0.2) is 9.79 Å². The van der Waals surface area contributed by atoms with Gasteiger partial charge in [0.25, 0.3) is 5.56 Å². The molecular formula is C34H27BrN2O4S. The minimum atomic E-state index is -0.646. The van der Waals surface area contributed by atoms with Crippen molar-refractivity contribution >= 4 is 50.1 Å². The number of benzene rings is 4. The van der Waals surface area contributed by atoms with Gasteiger partial charge >= 0.3 is 5.97 Å². The van der Waals surface area contributed by atoms with E-state index in [0.717, 1.165) is 31.9 Å². The zero-order valence-electron chi connectivity index (χ0n) is 23.0. The van der Waals surface area contributed by atoms with Crippen molar-refractivity contribution in [3.63, 3.8) is 0 Å². The van der Waals surface area contributed by atoms with Gasteiger partial charge in [-0.3, -0.25) is 9.36 Å². The predicted molar refractivity (Wildman–Crippen MR) is 169 cm³/mol. The highest BCUT2D eigenvalue weighted by Crippen LogP contribution is 2.32. The number of rotatable bonds is 7. The van der Waals surface area contributed by atoms with Crippen LogP contribution in [0.25, 0.3) is 16.8 Å². The van der Waals surface area contributed by atoms with Gasteiger partial charge in [0.1, 0.15) is 12.4 Å². The summed E-state index contributed by atoms with van der Waals surface area (Å²) in [5.74, 6) is 0.183. The highest BCUT2D eigenvalue weighted by molar-refractivity contribution is 9.10. The van der Waals surface area contributed by atoms with Crippen LogP contribution >= 0.6 is 27.3 Å². The largest absolute Gasteiger partial charge is 0.488 e. The molecule has 0 saturated heterocycles. The van der Waals surface area contributed by atoms with E-state index in [1.165, 1.54) is 18.4 Å². The van der Waals surface area contributed by atoms with Gasteiger partial charge in [0.2, 0.25) is 0 Å². The average molecular weight is 640 g/mol. The number of nitrogens with zero attached hydrogens (tertiary/aromatic N) is 2. The number of hydrogen-bond donors (Lipinski definition) is 0. The molecule has 0 N–H and O–H groups in total. The first-order valence-electron chi connectivity index (χ1n) is 13.6. The molecule has 0 unspecified atom stereocenters. The molecule has 1 aliphatic rings. The Kier molecular flexibility index (Phi) is 7.91. The first-order valence-corrected chi connectivity index (χ1v) is 15.2. The van der Waals surface area contributed by atoms with Crippen LogP contribution in [0.3, 0.4) is 0 Å². The third-order valence-electron chi connectivity index (χ3n) is 7.28. The first-order chi connectivity index (χ1) is 20.5. The summed E-state index contributed by atoms with van der Waals surface area (Å²) in [7, 11) is 1.35. The number of aromatic nitrogens is 1. The fourth-order valence-electron chi connectivity index (χ4n) is 5.24. The maximum absolute atomic E-state index is 14.2. The van der Waals surface area contributed by atoms with Gasteiger partial charge in [0, 0.05) is 10.0 Å². The summed E-state index contributed by atoms with van der Waals surface area (Å²) in [6, 6.07) is 28.9. The highest BCUT2D eigenvalue weighted by Gasteiger charge is 2.33. The van der Waals surface area contributed by atoms with Gasteiger partial charge in [-0.15, -0.1) is 0 Å².